The number of amides is 2. The van der Waals surface area contributed by atoms with Crippen molar-refractivity contribution >= 4 is 11.8 Å². The molecule has 1 radical (unpaired) electrons. The van der Waals surface area contributed by atoms with Gasteiger partial charge in [-0.1, -0.05) is 43.5 Å². The molecule has 1 aliphatic heterocycles. The molecular weight excluding hydrogens is 302 g/mol. The van der Waals surface area contributed by atoms with Gasteiger partial charge in [0, 0.05) is 13.1 Å². The first-order valence-electron chi connectivity index (χ1n) is 8.95. The molecule has 2 aliphatic rings. The topological polar surface area (TPSA) is 75.4 Å². The van der Waals surface area contributed by atoms with Crippen molar-refractivity contribution in [3.63, 3.8) is 0 Å². The zero-order chi connectivity index (χ0) is 16.9. The van der Waals surface area contributed by atoms with Gasteiger partial charge >= 0.3 is 0 Å². The lowest BCUT2D eigenvalue weighted by Crippen LogP contribution is -2.62. The molecule has 1 saturated heterocycles. The fourth-order valence-corrected chi connectivity index (χ4v) is 3.66. The van der Waals surface area contributed by atoms with E-state index in [0.29, 0.717) is 13.1 Å². The van der Waals surface area contributed by atoms with E-state index in [2.05, 4.69) is 11.4 Å². The van der Waals surface area contributed by atoms with Gasteiger partial charge < -0.3 is 16.0 Å². The first-order valence-corrected chi connectivity index (χ1v) is 8.95. The van der Waals surface area contributed by atoms with Crippen LogP contribution >= 0.6 is 0 Å². The van der Waals surface area contributed by atoms with Crippen LogP contribution < -0.4 is 11.1 Å². The van der Waals surface area contributed by atoms with Crippen molar-refractivity contribution in [2.45, 2.75) is 57.2 Å². The second-order valence-electron chi connectivity index (χ2n) is 6.89. The number of likely N-dealkylation sites (tertiary alicyclic amines) is 1. The highest BCUT2D eigenvalue weighted by molar-refractivity contribution is 5.91. The van der Waals surface area contributed by atoms with Crippen molar-refractivity contribution in [3.05, 3.63) is 35.9 Å². The van der Waals surface area contributed by atoms with Crippen LogP contribution in [-0.4, -0.2) is 35.3 Å². The molecule has 0 spiro atoms. The van der Waals surface area contributed by atoms with Crippen molar-refractivity contribution in [3.8, 4) is 0 Å². The van der Waals surface area contributed by atoms with E-state index in [0.717, 1.165) is 37.7 Å². The van der Waals surface area contributed by atoms with Gasteiger partial charge in [-0.25, -0.2) is 0 Å². The number of hydrogen-bond acceptors (Lipinski definition) is 3. The predicted molar refractivity (Wildman–Crippen MR) is 91.8 cm³/mol. The maximum Gasteiger partial charge on any atom is 0.243 e. The number of carbonyl (C=O) groups is 2. The van der Waals surface area contributed by atoms with E-state index in [1.54, 1.807) is 4.90 Å². The second kappa shape index (κ2) is 7.79. The zero-order valence-electron chi connectivity index (χ0n) is 14.0. The Morgan fingerprint density at radius 1 is 1.21 bits per heavy atom. The largest absolute Gasteiger partial charge is 0.350 e. The molecule has 1 aromatic carbocycles. The van der Waals surface area contributed by atoms with Gasteiger partial charge in [-0.05, 0) is 36.8 Å². The van der Waals surface area contributed by atoms with E-state index in [1.807, 2.05) is 24.3 Å². The van der Waals surface area contributed by atoms with Crippen LogP contribution in [-0.2, 0) is 16.1 Å². The van der Waals surface area contributed by atoms with E-state index >= 15 is 0 Å². The minimum Gasteiger partial charge on any atom is -0.350 e. The normalized spacial score (nSPS) is 22.5. The summed E-state index contributed by atoms with van der Waals surface area (Å²) in [7, 11) is 0. The number of nitrogens with one attached hydrogen (secondary N) is 1. The van der Waals surface area contributed by atoms with Crippen molar-refractivity contribution < 1.29 is 9.59 Å². The first-order chi connectivity index (χ1) is 11.7. The molecule has 3 N–H and O–H groups in total. The van der Waals surface area contributed by atoms with Crippen LogP contribution in [0.4, 0.5) is 0 Å². The van der Waals surface area contributed by atoms with Crippen molar-refractivity contribution in [1.29, 1.82) is 0 Å². The van der Waals surface area contributed by atoms with Crippen molar-refractivity contribution in [2.24, 2.45) is 11.7 Å². The van der Waals surface area contributed by atoms with Gasteiger partial charge in [0.2, 0.25) is 11.8 Å². The van der Waals surface area contributed by atoms with Crippen LogP contribution in [0.1, 0.15) is 44.1 Å². The Balaban J connectivity index is 1.51. The summed E-state index contributed by atoms with van der Waals surface area (Å²) in [5.74, 6) is 0.136. The quantitative estimate of drug-likeness (QED) is 0.862. The summed E-state index contributed by atoms with van der Waals surface area (Å²) in [5.41, 5.74) is 7.23. The van der Waals surface area contributed by atoms with Crippen LogP contribution in [0.25, 0.3) is 0 Å². The van der Waals surface area contributed by atoms with E-state index in [1.165, 1.54) is 6.42 Å². The van der Waals surface area contributed by atoms with Crippen LogP contribution in [0.2, 0.25) is 0 Å². The number of hydrogen-bond donors (Lipinski definition) is 2. The summed E-state index contributed by atoms with van der Waals surface area (Å²) in [4.78, 5) is 26.6. The average Bonchev–Trinajstić information content (AvgIpc) is 2.60. The second-order valence-corrected chi connectivity index (χ2v) is 6.89. The monoisotopic (exact) mass is 328 g/mol. The summed E-state index contributed by atoms with van der Waals surface area (Å²) in [6.45, 7) is 1.11. The SMILES string of the molecule is N[C@@H](C(=O)N1CC[C@H]1C(=O)NCc1cc[c]cc1)C1CCCCC1. The average molecular weight is 328 g/mol. The lowest BCUT2D eigenvalue weighted by atomic mass is 9.83. The third-order valence-corrected chi connectivity index (χ3v) is 5.30. The molecule has 1 heterocycles. The molecule has 5 nitrogen and oxygen atoms in total. The maximum atomic E-state index is 12.6. The zero-order valence-corrected chi connectivity index (χ0v) is 14.0. The van der Waals surface area contributed by atoms with E-state index < -0.39 is 6.04 Å². The number of carbonyl (C=O) groups excluding carboxylic acids is 2. The Morgan fingerprint density at radius 3 is 2.54 bits per heavy atom. The highest BCUT2D eigenvalue weighted by Gasteiger charge is 2.41. The molecule has 5 heteroatoms. The molecule has 2 atom stereocenters. The van der Waals surface area contributed by atoms with Gasteiger partial charge in [0.25, 0.3) is 0 Å². The van der Waals surface area contributed by atoms with Crippen molar-refractivity contribution in [1.82, 2.24) is 10.2 Å². The summed E-state index contributed by atoms with van der Waals surface area (Å²) in [6, 6.07) is 9.63. The summed E-state index contributed by atoms with van der Waals surface area (Å²) in [5, 5.41) is 2.92. The summed E-state index contributed by atoms with van der Waals surface area (Å²) < 4.78 is 0. The maximum absolute atomic E-state index is 12.6. The molecule has 2 fully saturated rings. The smallest absolute Gasteiger partial charge is 0.243 e. The molecule has 1 aromatic rings. The Labute approximate surface area is 143 Å². The van der Waals surface area contributed by atoms with Gasteiger partial charge in [0.15, 0.2) is 0 Å². The lowest BCUT2D eigenvalue weighted by Gasteiger charge is -2.42. The minimum atomic E-state index is -0.453. The predicted octanol–water partition coefficient (Wildman–Crippen LogP) is 1.61. The molecule has 24 heavy (non-hydrogen) atoms. The standard InChI is InChI=1S/C19H26N3O2/c20-17(15-9-5-2-6-10-15)19(24)22-12-11-16(22)18(23)21-13-14-7-3-1-4-8-14/h3-4,7-8,15-17H,2,5-6,9-13,20H2,(H,21,23)/t16-,17+/m0/s1. The van der Waals surface area contributed by atoms with Crippen LogP contribution in [0.15, 0.2) is 24.3 Å². The summed E-state index contributed by atoms with van der Waals surface area (Å²) >= 11 is 0. The van der Waals surface area contributed by atoms with E-state index in [-0.39, 0.29) is 23.8 Å². The fourth-order valence-electron chi connectivity index (χ4n) is 3.66. The molecule has 129 valence electrons. The Hall–Kier alpha value is -1.88. The Morgan fingerprint density at radius 2 is 1.92 bits per heavy atom. The van der Waals surface area contributed by atoms with Crippen molar-refractivity contribution in [2.75, 3.05) is 6.54 Å². The van der Waals surface area contributed by atoms with E-state index in [4.69, 9.17) is 5.73 Å². The minimum absolute atomic E-state index is 0.0531. The molecule has 0 aromatic heterocycles. The van der Waals surface area contributed by atoms with Crippen LogP contribution in [0, 0.1) is 12.0 Å². The van der Waals surface area contributed by atoms with Gasteiger partial charge in [-0.15, -0.1) is 0 Å². The molecule has 0 bridgehead atoms. The highest BCUT2D eigenvalue weighted by atomic mass is 16.2. The number of rotatable bonds is 5. The number of benzene rings is 1. The van der Waals surface area contributed by atoms with Gasteiger partial charge in [-0.2, -0.15) is 0 Å². The fraction of sp³-hybridized carbons (Fsp3) is 0.579. The summed E-state index contributed by atoms with van der Waals surface area (Å²) in [6.07, 6.45) is 6.33. The third kappa shape index (κ3) is 3.78. The molecular formula is C19H26N3O2. The third-order valence-electron chi connectivity index (χ3n) is 5.30. The molecule has 1 saturated carbocycles. The lowest BCUT2D eigenvalue weighted by molar-refractivity contribution is -0.149. The number of nitrogens with two attached hydrogens (primary N) is 1. The van der Waals surface area contributed by atoms with Crippen LogP contribution in [0.5, 0.6) is 0 Å². The molecule has 0 unspecified atom stereocenters. The van der Waals surface area contributed by atoms with Gasteiger partial charge in [-0.3, -0.25) is 9.59 Å². The Bertz CT molecular complexity index is 569. The highest BCUT2D eigenvalue weighted by Crippen LogP contribution is 2.28. The first kappa shape index (κ1) is 17.0. The van der Waals surface area contributed by atoms with Gasteiger partial charge in [0.05, 0.1) is 6.04 Å². The van der Waals surface area contributed by atoms with E-state index in [9.17, 15) is 9.59 Å². The van der Waals surface area contributed by atoms with Crippen LogP contribution in [0.3, 0.4) is 0 Å². The molecule has 1 aliphatic carbocycles. The number of nitrogens with zero attached hydrogens (tertiary/aromatic N) is 1. The molecule has 3 rings (SSSR count). The van der Waals surface area contributed by atoms with Gasteiger partial charge in [0.1, 0.15) is 6.04 Å². The molecule has 2 amide bonds. The Kier molecular flexibility index (Phi) is 5.51.